The minimum atomic E-state index is 0. The number of hydrogen-bond acceptors (Lipinski definition) is 1. The first kappa shape index (κ1) is 16.2. The van der Waals surface area contributed by atoms with Gasteiger partial charge in [0, 0.05) is 5.56 Å². The molecule has 0 aliphatic heterocycles. The molecule has 0 aromatic heterocycles. The van der Waals surface area contributed by atoms with Crippen LogP contribution in [0.2, 0.25) is 0 Å². The SMILES string of the molecule is CC(=O)c1ccc(-[c-]2cccc2)cc1.[Fe+2].c1cc[cH-]c1. The van der Waals surface area contributed by atoms with E-state index in [4.69, 9.17) is 0 Å². The van der Waals surface area contributed by atoms with Gasteiger partial charge in [0.15, 0.2) is 5.78 Å². The first-order valence-electron chi connectivity index (χ1n) is 6.27. The van der Waals surface area contributed by atoms with Gasteiger partial charge in [0.1, 0.15) is 0 Å². The van der Waals surface area contributed by atoms with E-state index >= 15 is 0 Å². The van der Waals surface area contributed by atoms with Crippen LogP contribution < -0.4 is 0 Å². The molecule has 3 aromatic carbocycles. The topological polar surface area (TPSA) is 17.1 Å². The van der Waals surface area contributed by atoms with Crippen molar-refractivity contribution in [1.29, 1.82) is 0 Å². The van der Waals surface area contributed by atoms with Crippen molar-refractivity contribution in [3.05, 3.63) is 84.4 Å². The normalized spacial score (nSPS) is 9.05. The predicted octanol–water partition coefficient (Wildman–Crippen LogP) is 4.68. The summed E-state index contributed by atoms with van der Waals surface area (Å²) in [7, 11) is 0. The number of benzene rings is 1. The van der Waals surface area contributed by atoms with E-state index < -0.39 is 0 Å². The maximum Gasteiger partial charge on any atom is 2.00 e. The minimum Gasteiger partial charge on any atom is -0.295 e. The Kier molecular flexibility index (Phi) is 6.72. The van der Waals surface area contributed by atoms with Crippen LogP contribution >= 0.6 is 0 Å². The van der Waals surface area contributed by atoms with Crippen LogP contribution in [0.25, 0.3) is 11.1 Å². The Morgan fingerprint density at radius 3 is 1.90 bits per heavy atom. The number of ketones is 1. The fourth-order valence-corrected chi connectivity index (χ4v) is 1.78. The van der Waals surface area contributed by atoms with Gasteiger partial charge in [-0.1, -0.05) is 17.7 Å². The van der Waals surface area contributed by atoms with Gasteiger partial charge in [-0.2, -0.15) is 30.3 Å². The smallest absolute Gasteiger partial charge is 0.295 e. The largest absolute Gasteiger partial charge is 2.00 e. The van der Waals surface area contributed by atoms with Gasteiger partial charge in [0.2, 0.25) is 0 Å². The van der Waals surface area contributed by atoms with Gasteiger partial charge >= 0.3 is 17.1 Å². The maximum absolute atomic E-state index is 11.0. The van der Waals surface area contributed by atoms with Crippen molar-refractivity contribution >= 4 is 5.78 Å². The third-order valence-corrected chi connectivity index (χ3v) is 2.84. The Morgan fingerprint density at radius 2 is 1.50 bits per heavy atom. The molecule has 0 bridgehead atoms. The van der Waals surface area contributed by atoms with E-state index in [1.165, 1.54) is 5.56 Å². The van der Waals surface area contributed by atoms with E-state index in [0.717, 1.165) is 11.1 Å². The average Bonchev–Trinajstić information content (AvgIpc) is 3.15. The van der Waals surface area contributed by atoms with Crippen LogP contribution in [0.3, 0.4) is 0 Å². The molecule has 0 unspecified atom stereocenters. The Labute approximate surface area is 130 Å². The quantitative estimate of drug-likeness (QED) is 0.382. The molecule has 0 aliphatic carbocycles. The molecule has 0 saturated heterocycles. The second kappa shape index (κ2) is 8.31. The molecule has 0 N–H and O–H groups in total. The van der Waals surface area contributed by atoms with Crippen LogP contribution in [-0.2, 0) is 17.1 Å². The summed E-state index contributed by atoms with van der Waals surface area (Å²) in [6, 6.07) is 25.8. The number of hydrogen-bond donors (Lipinski definition) is 0. The molecule has 0 amide bonds. The monoisotopic (exact) mass is 304 g/mol. The van der Waals surface area contributed by atoms with Gasteiger partial charge in [-0.3, -0.25) is 4.79 Å². The summed E-state index contributed by atoms with van der Waals surface area (Å²) in [5.74, 6) is 0.110. The first-order valence-corrected chi connectivity index (χ1v) is 6.27. The van der Waals surface area contributed by atoms with E-state index in [1.807, 2.05) is 66.7 Å². The van der Waals surface area contributed by atoms with Gasteiger partial charge in [0.05, 0.1) is 0 Å². The fraction of sp³-hybridized carbons (Fsp3) is 0.0556. The van der Waals surface area contributed by atoms with Crippen molar-refractivity contribution in [2.24, 2.45) is 0 Å². The van der Waals surface area contributed by atoms with Crippen molar-refractivity contribution in [2.45, 2.75) is 6.92 Å². The Bertz CT molecular complexity index is 572. The van der Waals surface area contributed by atoms with Crippen LogP contribution in [-0.4, -0.2) is 5.78 Å². The second-order valence-electron chi connectivity index (χ2n) is 4.27. The molecule has 0 aliphatic rings. The predicted molar refractivity (Wildman–Crippen MR) is 79.5 cm³/mol. The Morgan fingerprint density at radius 1 is 0.950 bits per heavy atom. The number of Topliss-reactive ketones (excluding diaryl/α,β-unsaturated/α-hetero) is 1. The Hall–Kier alpha value is -1.89. The van der Waals surface area contributed by atoms with Crippen LogP contribution in [0.15, 0.2) is 78.9 Å². The molecular formula is C18H16FeO. The molecule has 0 atom stereocenters. The zero-order chi connectivity index (χ0) is 13.5. The van der Waals surface area contributed by atoms with Crippen molar-refractivity contribution in [2.75, 3.05) is 0 Å². The molecule has 3 rings (SSSR count). The van der Waals surface area contributed by atoms with E-state index in [-0.39, 0.29) is 22.9 Å². The second-order valence-corrected chi connectivity index (χ2v) is 4.27. The molecule has 0 spiro atoms. The summed E-state index contributed by atoms with van der Waals surface area (Å²) in [5.41, 5.74) is 3.11. The third kappa shape index (κ3) is 4.65. The first-order chi connectivity index (χ1) is 9.27. The molecule has 0 fully saturated rings. The molecule has 102 valence electrons. The van der Waals surface area contributed by atoms with Crippen molar-refractivity contribution in [3.63, 3.8) is 0 Å². The summed E-state index contributed by atoms with van der Waals surface area (Å²) < 4.78 is 0. The zero-order valence-corrected chi connectivity index (χ0v) is 12.4. The standard InChI is InChI=1S/C13H11O.C5H5.Fe/c1-10(14)11-6-8-13(9-7-11)12-4-2-3-5-12;1-2-4-5-3-1;/h2-9H,1H3;1-5H;/q2*-1;+2. The number of carbonyl (C=O) groups is 1. The number of rotatable bonds is 2. The van der Waals surface area contributed by atoms with E-state index in [2.05, 4.69) is 12.1 Å². The van der Waals surface area contributed by atoms with Crippen LogP contribution in [0.1, 0.15) is 17.3 Å². The molecule has 20 heavy (non-hydrogen) atoms. The van der Waals surface area contributed by atoms with E-state index in [9.17, 15) is 4.79 Å². The summed E-state index contributed by atoms with van der Waals surface area (Å²) >= 11 is 0. The van der Waals surface area contributed by atoms with E-state index in [0.29, 0.717) is 0 Å². The zero-order valence-electron chi connectivity index (χ0n) is 11.3. The molecule has 0 radical (unpaired) electrons. The molecule has 1 nitrogen and oxygen atoms in total. The Balaban J connectivity index is 0.000000283. The van der Waals surface area contributed by atoms with Crippen LogP contribution in [0.5, 0.6) is 0 Å². The average molecular weight is 304 g/mol. The van der Waals surface area contributed by atoms with Crippen molar-refractivity contribution in [3.8, 4) is 11.1 Å². The third-order valence-electron chi connectivity index (χ3n) is 2.84. The summed E-state index contributed by atoms with van der Waals surface area (Å²) in [6.45, 7) is 1.58. The molecular weight excluding hydrogens is 288 g/mol. The molecule has 3 aromatic rings. The van der Waals surface area contributed by atoms with Gasteiger partial charge < -0.3 is 0 Å². The van der Waals surface area contributed by atoms with Crippen molar-refractivity contribution in [1.82, 2.24) is 0 Å². The van der Waals surface area contributed by atoms with Crippen molar-refractivity contribution < 1.29 is 21.9 Å². The summed E-state index contributed by atoms with van der Waals surface area (Å²) in [6.07, 6.45) is 0. The van der Waals surface area contributed by atoms with E-state index in [1.54, 1.807) is 6.92 Å². The van der Waals surface area contributed by atoms with Gasteiger partial charge in [0.25, 0.3) is 0 Å². The maximum atomic E-state index is 11.0. The van der Waals surface area contributed by atoms with Gasteiger partial charge in [-0.25, -0.2) is 12.1 Å². The molecule has 0 saturated carbocycles. The summed E-state index contributed by atoms with van der Waals surface area (Å²) in [5, 5.41) is 0. The molecule has 2 heteroatoms. The minimum absolute atomic E-state index is 0. The fourth-order valence-electron chi connectivity index (χ4n) is 1.78. The van der Waals surface area contributed by atoms with Gasteiger partial charge in [-0.15, -0.1) is 29.8 Å². The van der Waals surface area contributed by atoms with Crippen LogP contribution in [0.4, 0.5) is 0 Å². The number of carbonyl (C=O) groups excluding carboxylic acids is 1. The molecule has 0 heterocycles. The summed E-state index contributed by atoms with van der Waals surface area (Å²) in [4.78, 5) is 11.0. The van der Waals surface area contributed by atoms with Crippen LogP contribution in [0, 0.1) is 0 Å². The van der Waals surface area contributed by atoms with Gasteiger partial charge in [-0.05, 0) is 6.92 Å².